The lowest BCUT2D eigenvalue weighted by atomic mass is 10.2. The summed E-state index contributed by atoms with van der Waals surface area (Å²) in [5.74, 6) is 0. The Bertz CT molecular complexity index is 752. The van der Waals surface area contributed by atoms with Gasteiger partial charge >= 0.3 is 0 Å². The lowest BCUT2D eigenvalue weighted by Gasteiger charge is -2.08. The van der Waals surface area contributed by atoms with Crippen LogP contribution in [0.15, 0.2) is 29.2 Å². The van der Waals surface area contributed by atoms with Gasteiger partial charge in [0.25, 0.3) is 0 Å². The van der Waals surface area contributed by atoms with Crippen LogP contribution in [0.1, 0.15) is 12.8 Å². The van der Waals surface area contributed by atoms with Crippen LogP contribution >= 0.6 is 11.3 Å². The fourth-order valence-corrected chi connectivity index (χ4v) is 3.69. The quantitative estimate of drug-likeness (QED) is 0.899. The molecule has 0 aliphatic carbocycles. The topological polar surface area (TPSA) is 81.2 Å². The van der Waals surface area contributed by atoms with E-state index < -0.39 is 9.84 Å². The highest BCUT2D eigenvalue weighted by molar-refractivity contribution is 7.90. The Morgan fingerprint density at radius 2 is 2.27 bits per heavy atom. The number of nitrogens with one attached hydrogen (secondary N) is 1. The van der Waals surface area contributed by atoms with Crippen LogP contribution in [0.3, 0.4) is 0 Å². The normalized spacial score (nSPS) is 18.5. The van der Waals surface area contributed by atoms with Crippen LogP contribution < -0.4 is 5.32 Å². The van der Waals surface area contributed by atoms with Gasteiger partial charge in [-0.2, -0.15) is 0 Å². The summed E-state index contributed by atoms with van der Waals surface area (Å²) in [6.07, 6.45) is 3.60. The summed E-state index contributed by atoms with van der Waals surface area (Å²) in [5, 5.41) is 12.9. The van der Waals surface area contributed by atoms with Gasteiger partial charge in [-0.05, 0) is 25.0 Å². The highest BCUT2D eigenvalue weighted by Crippen LogP contribution is 2.28. The van der Waals surface area contributed by atoms with Gasteiger partial charge in [-0.3, -0.25) is 0 Å². The molecular weight excluding hydrogens is 322 g/mol. The van der Waals surface area contributed by atoms with Crippen molar-refractivity contribution in [1.82, 2.24) is 10.2 Å². The van der Waals surface area contributed by atoms with Crippen LogP contribution in [0.25, 0.3) is 10.6 Å². The molecule has 2 aromatic rings. The van der Waals surface area contributed by atoms with Crippen molar-refractivity contribution in [3.05, 3.63) is 24.3 Å². The number of rotatable bonds is 5. The van der Waals surface area contributed by atoms with Crippen molar-refractivity contribution in [1.29, 1.82) is 0 Å². The molecule has 1 aliphatic rings. The molecule has 0 saturated carbocycles. The maximum Gasteiger partial charge on any atom is 0.206 e. The van der Waals surface area contributed by atoms with Crippen molar-refractivity contribution < 1.29 is 13.2 Å². The van der Waals surface area contributed by atoms with Crippen molar-refractivity contribution in [2.45, 2.75) is 23.8 Å². The molecule has 2 heterocycles. The summed E-state index contributed by atoms with van der Waals surface area (Å²) in [6.45, 7) is 1.55. The van der Waals surface area contributed by atoms with Crippen LogP contribution in [0, 0.1) is 0 Å². The number of aromatic nitrogens is 2. The number of hydrogen-bond acceptors (Lipinski definition) is 7. The second kappa shape index (κ2) is 6.31. The minimum Gasteiger partial charge on any atom is -0.376 e. The Morgan fingerprint density at radius 3 is 3.00 bits per heavy atom. The molecule has 1 fully saturated rings. The molecule has 8 heteroatoms. The summed E-state index contributed by atoms with van der Waals surface area (Å²) in [5.41, 5.74) is 0.755. The Kier molecular flexibility index (Phi) is 4.42. The number of anilines is 1. The fraction of sp³-hybridized carbons (Fsp3) is 0.429. The van der Waals surface area contributed by atoms with Gasteiger partial charge < -0.3 is 10.1 Å². The molecule has 0 amide bonds. The van der Waals surface area contributed by atoms with E-state index in [1.54, 1.807) is 18.2 Å². The third-order valence-corrected chi connectivity index (χ3v) is 5.48. The van der Waals surface area contributed by atoms with E-state index in [2.05, 4.69) is 15.5 Å². The molecule has 1 atom stereocenters. The molecule has 1 N–H and O–H groups in total. The maximum atomic E-state index is 11.6. The molecular formula is C14H17N3O3S2. The molecule has 1 saturated heterocycles. The van der Waals surface area contributed by atoms with E-state index >= 15 is 0 Å². The van der Waals surface area contributed by atoms with Gasteiger partial charge in [-0.25, -0.2) is 8.42 Å². The molecule has 118 valence electrons. The highest BCUT2D eigenvalue weighted by atomic mass is 32.2. The van der Waals surface area contributed by atoms with Crippen molar-refractivity contribution >= 4 is 26.3 Å². The zero-order valence-corrected chi connectivity index (χ0v) is 13.8. The zero-order valence-electron chi connectivity index (χ0n) is 12.2. The summed E-state index contributed by atoms with van der Waals surface area (Å²) < 4.78 is 28.8. The third kappa shape index (κ3) is 3.63. The Balaban J connectivity index is 1.73. The SMILES string of the molecule is CS(=O)(=O)c1cccc(-c2nnc(NCC3CCCO3)s2)c1. The van der Waals surface area contributed by atoms with Crippen molar-refractivity contribution in [3.63, 3.8) is 0 Å². The molecule has 1 aliphatic heterocycles. The summed E-state index contributed by atoms with van der Waals surface area (Å²) in [4.78, 5) is 0.286. The van der Waals surface area contributed by atoms with E-state index in [9.17, 15) is 8.42 Å². The van der Waals surface area contributed by atoms with E-state index in [0.717, 1.165) is 36.7 Å². The smallest absolute Gasteiger partial charge is 0.206 e. The first-order chi connectivity index (χ1) is 10.5. The van der Waals surface area contributed by atoms with E-state index in [-0.39, 0.29) is 11.0 Å². The molecule has 0 spiro atoms. The van der Waals surface area contributed by atoms with Crippen molar-refractivity contribution in [3.8, 4) is 10.6 Å². The molecule has 0 radical (unpaired) electrons. The van der Waals surface area contributed by atoms with E-state index in [0.29, 0.717) is 5.01 Å². The fourth-order valence-electron chi connectivity index (χ4n) is 2.28. The van der Waals surface area contributed by atoms with Crippen LogP contribution in [0.5, 0.6) is 0 Å². The van der Waals surface area contributed by atoms with Crippen LogP contribution in [-0.4, -0.2) is 44.1 Å². The average molecular weight is 339 g/mol. The number of nitrogens with zero attached hydrogens (tertiary/aromatic N) is 2. The number of hydrogen-bond donors (Lipinski definition) is 1. The van der Waals surface area contributed by atoms with Gasteiger partial charge in [-0.15, -0.1) is 10.2 Å². The Labute approximate surface area is 133 Å². The van der Waals surface area contributed by atoms with Gasteiger partial charge in [0.2, 0.25) is 5.13 Å². The predicted octanol–water partition coefficient (Wildman–Crippen LogP) is 2.20. The third-order valence-electron chi connectivity index (χ3n) is 3.44. The van der Waals surface area contributed by atoms with Gasteiger partial charge in [0.1, 0.15) is 5.01 Å². The molecule has 0 bridgehead atoms. The first-order valence-electron chi connectivity index (χ1n) is 7.02. The standard InChI is InChI=1S/C14H17N3O3S2/c1-22(18,19)12-6-2-4-10(8-12)13-16-17-14(21-13)15-9-11-5-3-7-20-11/h2,4,6,8,11H,3,5,7,9H2,1H3,(H,15,17). The molecule has 1 aromatic carbocycles. The lowest BCUT2D eigenvalue weighted by Crippen LogP contribution is -2.18. The first-order valence-corrected chi connectivity index (χ1v) is 9.72. The van der Waals surface area contributed by atoms with Gasteiger partial charge in [0.15, 0.2) is 9.84 Å². The first kappa shape index (κ1) is 15.4. The second-order valence-corrected chi connectivity index (χ2v) is 8.22. The molecule has 6 nitrogen and oxygen atoms in total. The van der Waals surface area contributed by atoms with Gasteiger partial charge in [-0.1, -0.05) is 23.5 Å². The van der Waals surface area contributed by atoms with Crippen molar-refractivity contribution in [2.24, 2.45) is 0 Å². The molecule has 1 aromatic heterocycles. The van der Waals surface area contributed by atoms with Crippen LogP contribution in [-0.2, 0) is 14.6 Å². The summed E-state index contributed by atoms with van der Waals surface area (Å²) >= 11 is 1.40. The monoisotopic (exact) mass is 339 g/mol. The minimum absolute atomic E-state index is 0.237. The average Bonchev–Trinajstić information content (AvgIpc) is 3.16. The largest absolute Gasteiger partial charge is 0.376 e. The molecule has 3 rings (SSSR count). The number of ether oxygens (including phenoxy) is 1. The highest BCUT2D eigenvalue weighted by Gasteiger charge is 2.16. The summed E-state index contributed by atoms with van der Waals surface area (Å²) in [7, 11) is -3.22. The zero-order chi connectivity index (χ0) is 15.6. The van der Waals surface area contributed by atoms with E-state index in [1.165, 1.54) is 17.6 Å². The van der Waals surface area contributed by atoms with Gasteiger partial charge in [0, 0.05) is 25.0 Å². The number of benzene rings is 1. The molecule has 1 unspecified atom stereocenters. The maximum absolute atomic E-state index is 11.6. The van der Waals surface area contributed by atoms with Crippen LogP contribution in [0.4, 0.5) is 5.13 Å². The predicted molar refractivity (Wildman–Crippen MR) is 85.9 cm³/mol. The second-order valence-electron chi connectivity index (χ2n) is 5.23. The lowest BCUT2D eigenvalue weighted by molar-refractivity contribution is 0.120. The van der Waals surface area contributed by atoms with Gasteiger partial charge in [0.05, 0.1) is 11.0 Å². The Morgan fingerprint density at radius 1 is 1.41 bits per heavy atom. The number of sulfone groups is 1. The minimum atomic E-state index is -3.22. The molecule has 22 heavy (non-hydrogen) atoms. The van der Waals surface area contributed by atoms with Crippen LogP contribution in [0.2, 0.25) is 0 Å². The Hall–Kier alpha value is -1.51. The van der Waals surface area contributed by atoms with E-state index in [4.69, 9.17) is 4.74 Å². The summed E-state index contributed by atoms with van der Waals surface area (Å²) in [6, 6.07) is 6.75. The van der Waals surface area contributed by atoms with Crippen molar-refractivity contribution in [2.75, 3.05) is 24.7 Å². The van der Waals surface area contributed by atoms with E-state index in [1.807, 2.05) is 6.07 Å².